The fraction of sp³-hybridized carbons (Fsp3) is 0.421. The largest absolute Gasteiger partial charge is 0.451 e. The molecule has 3 N–H and O–H groups in total. The minimum absolute atomic E-state index is 0.0286. The predicted octanol–water partition coefficient (Wildman–Crippen LogP) is 5.09. The third-order valence-corrected chi connectivity index (χ3v) is 4.86. The smallest absolute Gasteiger partial charge is 0.182 e. The zero-order valence-corrected chi connectivity index (χ0v) is 15.2. The number of nitrogens with zero attached hydrogens (tertiary/aromatic N) is 1. The second-order valence-electron chi connectivity index (χ2n) is 6.59. The number of ether oxygens (including phenoxy) is 1. The number of hydrogen-bond donors (Lipinski definition) is 2. The highest BCUT2D eigenvalue weighted by molar-refractivity contribution is 6.32. The lowest BCUT2D eigenvalue weighted by molar-refractivity contribution is 0.386. The molecule has 1 aliphatic rings. The van der Waals surface area contributed by atoms with Gasteiger partial charge in [-0.15, -0.1) is 0 Å². The highest BCUT2D eigenvalue weighted by atomic mass is 35.5. The van der Waals surface area contributed by atoms with Crippen LogP contribution in [0.1, 0.15) is 44.7 Å². The van der Waals surface area contributed by atoms with Gasteiger partial charge in [0.15, 0.2) is 11.6 Å². The van der Waals surface area contributed by atoms with Gasteiger partial charge in [0, 0.05) is 17.6 Å². The molecule has 134 valence electrons. The molecule has 3 rings (SSSR count). The van der Waals surface area contributed by atoms with Crippen LogP contribution < -0.4 is 15.8 Å². The van der Waals surface area contributed by atoms with Gasteiger partial charge in [-0.3, -0.25) is 0 Å². The molecule has 1 heterocycles. The lowest BCUT2D eigenvalue weighted by atomic mass is 10.00. The van der Waals surface area contributed by atoms with Crippen LogP contribution >= 0.6 is 11.6 Å². The van der Waals surface area contributed by atoms with E-state index in [0.29, 0.717) is 29.1 Å². The van der Waals surface area contributed by atoms with Crippen molar-refractivity contribution in [3.8, 4) is 11.5 Å². The molecule has 1 saturated carbocycles. The molecule has 0 saturated heterocycles. The summed E-state index contributed by atoms with van der Waals surface area (Å²) in [6.45, 7) is 4.23. The third-order valence-electron chi connectivity index (χ3n) is 4.56. The van der Waals surface area contributed by atoms with E-state index in [1.165, 1.54) is 6.20 Å². The normalized spacial score (nSPS) is 16.5. The fourth-order valence-electron chi connectivity index (χ4n) is 2.79. The first-order valence-corrected chi connectivity index (χ1v) is 9.00. The van der Waals surface area contributed by atoms with Gasteiger partial charge in [0.05, 0.1) is 11.2 Å². The molecule has 1 aliphatic carbocycles. The van der Waals surface area contributed by atoms with Crippen molar-refractivity contribution in [2.75, 3.05) is 5.73 Å². The highest BCUT2D eigenvalue weighted by Gasteiger charge is 2.35. The molecule has 6 heteroatoms. The molecule has 1 fully saturated rings. The van der Waals surface area contributed by atoms with Gasteiger partial charge in [0.1, 0.15) is 11.6 Å². The van der Waals surface area contributed by atoms with Crippen molar-refractivity contribution in [2.24, 2.45) is 5.92 Å². The number of benzene rings is 1. The molecule has 0 bridgehead atoms. The summed E-state index contributed by atoms with van der Waals surface area (Å²) < 4.78 is 20.9. The number of pyridine rings is 1. The number of hydrogen-bond acceptors (Lipinski definition) is 4. The van der Waals surface area contributed by atoms with Gasteiger partial charge in [0.25, 0.3) is 0 Å². The molecule has 0 amide bonds. The summed E-state index contributed by atoms with van der Waals surface area (Å²) in [6.07, 6.45) is 4.65. The van der Waals surface area contributed by atoms with Crippen molar-refractivity contribution < 1.29 is 9.13 Å². The van der Waals surface area contributed by atoms with E-state index < -0.39 is 5.82 Å². The molecule has 0 radical (unpaired) electrons. The maximum Gasteiger partial charge on any atom is 0.182 e. The first-order chi connectivity index (χ1) is 12.0. The topological polar surface area (TPSA) is 60.2 Å². The Labute approximate surface area is 152 Å². The van der Waals surface area contributed by atoms with Gasteiger partial charge >= 0.3 is 0 Å². The lowest BCUT2D eigenvalue weighted by Gasteiger charge is -2.24. The molecule has 1 aromatic heterocycles. The lowest BCUT2D eigenvalue weighted by Crippen LogP contribution is -2.32. The van der Waals surface area contributed by atoms with Crippen LogP contribution in [-0.2, 0) is 0 Å². The van der Waals surface area contributed by atoms with E-state index in [9.17, 15) is 0 Å². The minimum atomic E-state index is -0.419. The maximum absolute atomic E-state index is 15.2. The Balaban J connectivity index is 1.91. The summed E-state index contributed by atoms with van der Waals surface area (Å²) in [6, 6.07) is 6.96. The number of halogens is 2. The zero-order valence-electron chi connectivity index (χ0n) is 14.4. The van der Waals surface area contributed by atoms with E-state index in [1.54, 1.807) is 24.3 Å². The summed E-state index contributed by atoms with van der Waals surface area (Å²) in [7, 11) is 0. The Hall–Kier alpha value is -1.85. The van der Waals surface area contributed by atoms with E-state index in [4.69, 9.17) is 22.1 Å². The molecule has 4 nitrogen and oxygen atoms in total. The molecule has 2 atom stereocenters. The first-order valence-electron chi connectivity index (χ1n) is 8.63. The standard InChI is InChI=1S/C19H23ClFN3O/c1-3-11(2)24-18(12-4-5-12)14-7-8-15(20)19(17(14)21)25-13-6-9-16(22)23-10-13/h6-12,18,24H,3-5H2,1-2H3,(H2,22,23)/t11?,18-/m1/s1. The molecule has 0 aliphatic heterocycles. The van der Waals surface area contributed by atoms with Crippen molar-refractivity contribution in [1.29, 1.82) is 0 Å². The highest BCUT2D eigenvalue weighted by Crippen LogP contribution is 2.45. The quantitative estimate of drug-likeness (QED) is 0.719. The average Bonchev–Trinajstić information content (AvgIpc) is 3.43. The summed E-state index contributed by atoms with van der Waals surface area (Å²) in [4.78, 5) is 3.96. The van der Waals surface area contributed by atoms with E-state index in [2.05, 4.69) is 24.1 Å². The second kappa shape index (κ2) is 7.58. The molecular weight excluding hydrogens is 341 g/mol. The SMILES string of the molecule is CCC(C)N[C@@H](c1ccc(Cl)c(Oc2ccc(N)nc2)c1F)C1CC1. The molecule has 0 spiro atoms. The van der Waals surface area contributed by atoms with Crippen LogP contribution in [0.2, 0.25) is 5.02 Å². The number of anilines is 1. The van der Waals surface area contributed by atoms with Crippen LogP contribution in [0.25, 0.3) is 0 Å². The van der Waals surface area contributed by atoms with Crippen molar-refractivity contribution in [3.63, 3.8) is 0 Å². The van der Waals surface area contributed by atoms with Gasteiger partial charge in [-0.1, -0.05) is 24.6 Å². The van der Waals surface area contributed by atoms with Crippen molar-refractivity contribution in [3.05, 3.63) is 46.9 Å². The monoisotopic (exact) mass is 363 g/mol. The van der Waals surface area contributed by atoms with Crippen LogP contribution in [0.4, 0.5) is 10.2 Å². The number of rotatable bonds is 7. The van der Waals surface area contributed by atoms with Crippen molar-refractivity contribution in [2.45, 2.75) is 45.2 Å². The summed E-state index contributed by atoms with van der Waals surface area (Å²) in [5, 5.41) is 3.77. The van der Waals surface area contributed by atoms with E-state index in [-0.39, 0.29) is 16.8 Å². The van der Waals surface area contributed by atoms with Crippen LogP contribution in [0.5, 0.6) is 11.5 Å². The van der Waals surface area contributed by atoms with Gasteiger partial charge in [-0.2, -0.15) is 0 Å². The Bertz CT molecular complexity index is 734. The Kier molecular flexibility index (Phi) is 5.45. The number of nitrogen functional groups attached to an aromatic ring is 1. The number of nitrogens with one attached hydrogen (secondary N) is 1. The molecule has 2 aromatic rings. The van der Waals surface area contributed by atoms with E-state index in [1.807, 2.05) is 0 Å². The maximum atomic E-state index is 15.2. The molecule has 25 heavy (non-hydrogen) atoms. The fourth-order valence-corrected chi connectivity index (χ4v) is 2.97. The molecule has 1 aromatic carbocycles. The van der Waals surface area contributed by atoms with Gasteiger partial charge in [0.2, 0.25) is 0 Å². The molecular formula is C19H23ClFN3O. The van der Waals surface area contributed by atoms with E-state index >= 15 is 4.39 Å². The summed E-state index contributed by atoms with van der Waals surface area (Å²) >= 11 is 6.19. The second-order valence-corrected chi connectivity index (χ2v) is 7.00. The Morgan fingerprint density at radius 1 is 1.36 bits per heavy atom. The van der Waals surface area contributed by atoms with Gasteiger partial charge < -0.3 is 15.8 Å². The summed E-state index contributed by atoms with van der Waals surface area (Å²) in [5.41, 5.74) is 6.17. The average molecular weight is 364 g/mol. The van der Waals surface area contributed by atoms with Gasteiger partial charge in [-0.05, 0) is 50.3 Å². The number of nitrogens with two attached hydrogens (primary N) is 1. The van der Waals surface area contributed by atoms with Crippen molar-refractivity contribution in [1.82, 2.24) is 10.3 Å². The van der Waals surface area contributed by atoms with E-state index in [0.717, 1.165) is 19.3 Å². The third kappa shape index (κ3) is 4.22. The summed E-state index contributed by atoms with van der Waals surface area (Å²) in [5.74, 6) is 0.833. The van der Waals surface area contributed by atoms with Crippen LogP contribution in [-0.4, -0.2) is 11.0 Å². The molecule has 1 unspecified atom stereocenters. The van der Waals surface area contributed by atoms with Crippen molar-refractivity contribution >= 4 is 17.4 Å². The number of aromatic nitrogens is 1. The predicted molar refractivity (Wildman–Crippen MR) is 98.5 cm³/mol. The van der Waals surface area contributed by atoms with Crippen LogP contribution in [0.3, 0.4) is 0 Å². The Morgan fingerprint density at radius 3 is 2.72 bits per heavy atom. The van der Waals surface area contributed by atoms with Gasteiger partial charge in [-0.25, -0.2) is 9.37 Å². The Morgan fingerprint density at radius 2 is 2.12 bits per heavy atom. The zero-order chi connectivity index (χ0) is 18.0. The van der Waals surface area contributed by atoms with Crippen LogP contribution in [0, 0.1) is 11.7 Å². The van der Waals surface area contributed by atoms with Crippen LogP contribution in [0.15, 0.2) is 30.5 Å². The first kappa shape index (κ1) is 18.0. The minimum Gasteiger partial charge on any atom is -0.451 e.